The Kier molecular flexibility index (Phi) is 4.15. The van der Waals surface area contributed by atoms with Crippen LogP contribution in [0.3, 0.4) is 0 Å². The molecule has 3 heteroatoms. The van der Waals surface area contributed by atoms with Crippen molar-refractivity contribution in [3.63, 3.8) is 0 Å². The Morgan fingerprint density at radius 1 is 1.24 bits per heavy atom. The number of pyridine rings is 1. The Morgan fingerprint density at radius 3 is 2.59 bits per heavy atom. The number of aromatic nitrogens is 1. The van der Waals surface area contributed by atoms with E-state index in [9.17, 15) is 0 Å². The molecule has 0 aliphatic rings. The second-order valence-corrected chi connectivity index (χ2v) is 4.81. The summed E-state index contributed by atoms with van der Waals surface area (Å²) >= 11 is 3.45. The van der Waals surface area contributed by atoms with Gasteiger partial charge in [-0.05, 0) is 36.2 Å². The van der Waals surface area contributed by atoms with Crippen LogP contribution in [-0.4, -0.2) is 4.98 Å². The molecule has 1 aromatic carbocycles. The summed E-state index contributed by atoms with van der Waals surface area (Å²) in [6.45, 7) is 2.18. The van der Waals surface area contributed by atoms with Crippen LogP contribution in [0.15, 0.2) is 53.3 Å². The fourth-order valence-electron chi connectivity index (χ4n) is 1.77. The zero-order valence-corrected chi connectivity index (χ0v) is 11.3. The first-order chi connectivity index (χ1) is 8.29. The fourth-order valence-corrected chi connectivity index (χ4v) is 2.03. The Morgan fingerprint density at radius 2 is 2.00 bits per heavy atom. The average Bonchev–Trinajstić information content (AvgIpc) is 2.38. The molecule has 1 unspecified atom stereocenters. The van der Waals surface area contributed by atoms with Gasteiger partial charge in [-0.1, -0.05) is 35.0 Å². The third-order valence-corrected chi connectivity index (χ3v) is 3.21. The fraction of sp³-hybridized carbons (Fsp3) is 0.214. The van der Waals surface area contributed by atoms with Crippen LogP contribution in [0.2, 0.25) is 0 Å². The second kappa shape index (κ2) is 5.82. The van der Waals surface area contributed by atoms with E-state index < -0.39 is 0 Å². The minimum absolute atomic E-state index is 0.326. The van der Waals surface area contributed by atoms with Crippen molar-refractivity contribution in [3.8, 4) is 0 Å². The summed E-state index contributed by atoms with van der Waals surface area (Å²) in [6, 6.07) is 12.7. The van der Waals surface area contributed by atoms with E-state index in [0.29, 0.717) is 6.04 Å². The van der Waals surface area contributed by atoms with Gasteiger partial charge in [-0.15, -0.1) is 0 Å². The van der Waals surface area contributed by atoms with E-state index in [0.717, 1.165) is 16.6 Å². The molecule has 2 aromatic rings. The topological polar surface area (TPSA) is 24.9 Å². The highest BCUT2D eigenvalue weighted by atomic mass is 79.9. The molecule has 1 heterocycles. The molecule has 0 saturated carbocycles. The highest BCUT2D eigenvalue weighted by molar-refractivity contribution is 9.10. The number of nitrogens with one attached hydrogen (secondary N) is 1. The van der Waals surface area contributed by atoms with Crippen molar-refractivity contribution >= 4 is 21.6 Å². The van der Waals surface area contributed by atoms with Gasteiger partial charge in [0.2, 0.25) is 0 Å². The van der Waals surface area contributed by atoms with E-state index in [1.54, 1.807) is 6.20 Å². The molecule has 0 amide bonds. The molecule has 0 spiro atoms. The third-order valence-electron chi connectivity index (χ3n) is 2.68. The van der Waals surface area contributed by atoms with Gasteiger partial charge in [0.15, 0.2) is 0 Å². The molecule has 1 aromatic heterocycles. The van der Waals surface area contributed by atoms with E-state index in [2.05, 4.69) is 57.4 Å². The second-order valence-electron chi connectivity index (χ2n) is 3.90. The normalized spacial score (nSPS) is 12.1. The van der Waals surface area contributed by atoms with Gasteiger partial charge in [0.1, 0.15) is 0 Å². The van der Waals surface area contributed by atoms with Crippen molar-refractivity contribution < 1.29 is 0 Å². The van der Waals surface area contributed by atoms with Crippen LogP contribution in [0.4, 0.5) is 5.69 Å². The van der Waals surface area contributed by atoms with Crippen LogP contribution in [0.1, 0.15) is 24.9 Å². The molecular formula is C14H15BrN2. The Hall–Kier alpha value is -1.35. The summed E-state index contributed by atoms with van der Waals surface area (Å²) in [7, 11) is 0. The summed E-state index contributed by atoms with van der Waals surface area (Å²) in [6.07, 6.45) is 4.67. The minimum Gasteiger partial charge on any atom is -0.377 e. The predicted octanol–water partition coefficient (Wildman–Crippen LogP) is 4.41. The minimum atomic E-state index is 0.326. The van der Waals surface area contributed by atoms with Gasteiger partial charge >= 0.3 is 0 Å². The van der Waals surface area contributed by atoms with Crippen LogP contribution < -0.4 is 5.32 Å². The summed E-state index contributed by atoms with van der Waals surface area (Å²) in [5.41, 5.74) is 2.35. The number of rotatable bonds is 4. The molecule has 2 nitrogen and oxygen atoms in total. The Bertz CT molecular complexity index is 453. The first-order valence-electron chi connectivity index (χ1n) is 5.71. The van der Waals surface area contributed by atoms with Crippen LogP contribution in [0.5, 0.6) is 0 Å². The molecule has 2 rings (SSSR count). The largest absolute Gasteiger partial charge is 0.377 e. The molecule has 1 N–H and O–H groups in total. The Balaban J connectivity index is 2.14. The van der Waals surface area contributed by atoms with E-state index in [1.165, 1.54) is 5.56 Å². The monoisotopic (exact) mass is 290 g/mol. The van der Waals surface area contributed by atoms with Crippen molar-refractivity contribution in [1.29, 1.82) is 0 Å². The van der Waals surface area contributed by atoms with E-state index >= 15 is 0 Å². The number of anilines is 1. The number of halogens is 1. The van der Waals surface area contributed by atoms with Crippen LogP contribution in [-0.2, 0) is 0 Å². The van der Waals surface area contributed by atoms with Gasteiger partial charge in [-0.3, -0.25) is 4.98 Å². The molecule has 0 bridgehead atoms. The molecule has 17 heavy (non-hydrogen) atoms. The maximum atomic E-state index is 4.11. The first kappa shape index (κ1) is 12.1. The standard InChI is InChI=1S/C14H15BrN2/c1-2-14(11-5-7-12(15)8-6-11)17-13-4-3-9-16-10-13/h3-10,14,17H,2H2,1H3. The van der Waals surface area contributed by atoms with E-state index in [4.69, 9.17) is 0 Å². The lowest BCUT2D eigenvalue weighted by molar-refractivity contribution is 0.748. The third kappa shape index (κ3) is 3.30. The molecule has 0 radical (unpaired) electrons. The van der Waals surface area contributed by atoms with E-state index in [1.807, 2.05) is 18.3 Å². The first-order valence-corrected chi connectivity index (χ1v) is 6.51. The molecule has 88 valence electrons. The SMILES string of the molecule is CCC(Nc1cccnc1)c1ccc(Br)cc1. The van der Waals surface area contributed by atoms with Gasteiger partial charge in [-0.2, -0.15) is 0 Å². The summed E-state index contributed by atoms with van der Waals surface area (Å²) in [5, 5.41) is 3.49. The molecule has 0 aliphatic heterocycles. The van der Waals surface area contributed by atoms with Crippen LogP contribution in [0, 0.1) is 0 Å². The molecule has 0 aliphatic carbocycles. The van der Waals surface area contributed by atoms with Gasteiger partial charge in [0.25, 0.3) is 0 Å². The smallest absolute Gasteiger partial charge is 0.0531 e. The number of hydrogen-bond acceptors (Lipinski definition) is 2. The molecule has 0 saturated heterocycles. The zero-order chi connectivity index (χ0) is 12.1. The van der Waals surface area contributed by atoms with Crippen LogP contribution in [0.25, 0.3) is 0 Å². The average molecular weight is 291 g/mol. The van der Waals surface area contributed by atoms with Crippen molar-refractivity contribution in [3.05, 3.63) is 58.8 Å². The lowest BCUT2D eigenvalue weighted by Gasteiger charge is -2.18. The lowest BCUT2D eigenvalue weighted by Crippen LogP contribution is -2.09. The Labute approximate surface area is 110 Å². The maximum absolute atomic E-state index is 4.11. The molecular weight excluding hydrogens is 276 g/mol. The lowest BCUT2D eigenvalue weighted by atomic mass is 10.0. The number of nitrogens with zero attached hydrogens (tertiary/aromatic N) is 1. The highest BCUT2D eigenvalue weighted by Gasteiger charge is 2.08. The summed E-state index contributed by atoms with van der Waals surface area (Å²) in [5.74, 6) is 0. The van der Waals surface area contributed by atoms with E-state index in [-0.39, 0.29) is 0 Å². The van der Waals surface area contributed by atoms with Crippen molar-refractivity contribution in [2.75, 3.05) is 5.32 Å². The van der Waals surface area contributed by atoms with Gasteiger partial charge in [0, 0.05) is 16.9 Å². The number of benzene rings is 1. The maximum Gasteiger partial charge on any atom is 0.0531 e. The van der Waals surface area contributed by atoms with Crippen molar-refractivity contribution in [1.82, 2.24) is 4.98 Å². The summed E-state index contributed by atoms with van der Waals surface area (Å²) in [4.78, 5) is 4.11. The van der Waals surface area contributed by atoms with Gasteiger partial charge < -0.3 is 5.32 Å². The molecule has 1 atom stereocenters. The molecule has 0 fully saturated rings. The van der Waals surface area contributed by atoms with Crippen LogP contribution >= 0.6 is 15.9 Å². The van der Waals surface area contributed by atoms with Gasteiger partial charge in [-0.25, -0.2) is 0 Å². The summed E-state index contributed by atoms with van der Waals surface area (Å²) < 4.78 is 1.11. The van der Waals surface area contributed by atoms with Gasteiger partial charge in [0.05, 0.1) is 11.7 Å². The van der Waals surface area contributed by atoms with Crippen molar-refractivity contribution in [2.45, 2.75) is 19.4 Å². The number of hydrogen-bond donors (Lipinski definition) is 1. The quantitative estimate of drug-likeness (QED) is 0.902. The highest BCUT2D eigenvalue weighted by Crippen LogP contribution is 2.23. The predicted molar refractivity (Wildman–Crippen MR) is 75.0 cm³/mol. The zero-order valence-electron chi connectivity index (χ0n) is 9.73. The van der Waals surface area contributed by atoms with Crippen molar-refractivity contribution in [2.24, 2.45) is 0 Å².